The van der Waals surface area contributed by atoms with Crippen LogP contribution in [0.3, 0.4) is 0 Å². The fourth-order valence-electron chi connectivity index (χ4n) is 3.87. The van der Waals surface area contributed by atoms with Crippen LogP contribution >= 0.6 is 34.8 Å². The van der Waals surface area contributed by atoms with E-state index < -0.39 is 72.0 Å². The minimum Gasteiger partial charge on any atom is -0.332 e. The Hall–Kier alpha value is -2.64. The molecule has 2 amide bonds. The number of carbonyl (C=O) groups is 2. The highest BCUT2D eigenvalue weighted by Gasteiger charge is 2.40. The standard InChI is InChI=1S/C26H22Cl3F9N2O2/c1-3-40(21(41)8-9-24(30,31)32)13(2)39-23(42)16-6-4-14(10-18(16)26(36,37)38)5-7-17(25(33,34)35)15-11-19(27)22(29)20(28)12-15/h4-7,10-13,17H,3,8-9H2,1-2H3,(H,39,42)/b7-5+/t13-,17?/m0/s1. The summed E-state index contributed by atoms with van der Waals surface area (Å²) < 4.78 is 120. The molecule has 4 nitrogen and oxygen atoms in total. The molecule has 0 saturated heterocycles. The van der Waals surface area contributed by atoms with E-state index in [0.717, 1.165) is 35.2 Å². The molecule has 0 spiro atoms. The van der Waals surface area contributed by atoms with Gasteiger partial charge in [-0.05, 0) is 49.2 Å². The molecule has 0 aliphatic carbocycles. The molecule has 2 aromatic rings. The van der Waals surface area contributed by atoms with Crippen molar-refractivity contribution < 1.29 is 49.1 Å². The summed E-state index contributed by atoms with van der Waals surface area (Å²) in [5.74, 6) is -4.63. The number of hydrogen-bond donors (Lipinski definition) is 1. The molecular weight excluding hydrogens is 650 g/mol. The summed E-state index contributed by atoms with van der Waals surface area (Å²) in [6.07, 6.45) is -16.9. The number of allylic oxidation sites excluding steroid dienone is 1. The van der Waals surface area contributed by atoms with E-state index in [-0.39, 0.29) is 27.2 Å². The molecule has 0 heterocycles. The van der Waals surface area contributed by atoms with Gasteiger partial charge in [0.1, 0.15) is 6.17 Å². The van der Waals surface area contributed by atoms with E-state index in [2.05, 4.69) is 5.32 Å². The number of benzene rings is 2. The molecule has 0 radical (unpaired) electrons. The predicted octanol–water partition coefficient (Wildman–Crippen LogP) is 9.29. The zero-order chi connectivity index (χ0) is 32.2. The lowest BCUT2D eigenvalue weighted by molar-refractivity contribution is -0.150. The van der Waals surface area contributed by atoms with Crippen LogP contribution in [0.4, 0.5) is 39.5 Å². The Morgan fingerprint density at radius 1 is 0.952 bits per heavy atom. The SMILES string of the molecule is CCN(C(=O)CCC(F)(F)F)[C@@H](C)NC(=O)c1ccc(/C=C/C(c2cc(Cl)c(Cl)c(Cl)c2)C(F)(F)F)cc1C(F)(F)F. The van der Waals surface area contributed by atoms with Crippen LogP contribution in [-0.4, -0.2) is 41.8 Å². The van der Waals surface area contributed by atoms with Crippen LogP contribution in [0.1, 0.15) is 59.7 Å². The van der Waals surface area contributed by atoms with Crippen molar-refractivity contribution in [1.82, 2.24) is 10.2 Å². The van der Waals surface area contributed by atoms with E-state index in [0.29, 0.717) is 12.1 Å². The van der Waals surface area contributed by atoms with Gasteiger partial charge in [-0.15, -0.1) is 0 Å². The van der Waals surface area contributed by atoms with Crippen LogP contribution in [-0.2, 0) is 11.0 Å². The number of amides is 2. The van der Waals surface area contributed by atoms with Crippen LogP contribution in [0.5, 0.6) is 0 Å². The lowest BCUT2D eigenvalue weighted by Crippen LogP contribution is -2.49. The van der Waals surface area contributed by atoms with E-state index in [4.69, 9.17) is 34.8 Å². The molecule has 2 atom stereocenters. The van der Waals surface area contributed by atoms with Gasteiger partial charge in [0.2, 0.25) is 5.91 Å². The molecule has 0 aromatic heterocycles. The molecule has 2 aromatic carbocycles. The number of nitrogens with zero attached hydrogens (tertiary/aromatic N) is 1. The third kappa shape index (κ3) is 9.70. The fraction of sp³-hybridized carbons (Fsp3) is 0.385. The quantitative estimate of drug-likeness (QED) is 0.164. The largest absolute Gasteiger partial charge is 0.417 e. The van der Waals surface area contributed by atoms with Gasteiger partial charge in [0, 0.05) is 13.0 Å². The lowest BCUT2D eigenvalue weighted by Gasteiger charge is -2.29. The van der Waals surface area contributed by atoms with Gasteiger partial charge >= 0.3 is 18.5 Å². The van der Waals surface area contributed by atoms with Gasteiger partial charge in [-0.3, -0.25) is 9.59 Å². The molecular formula is C26H22Cl3F9N2O2. The number of carbonyl (C=O) groups excluding carboxylic acids is 2. The summed E-state index contributed by atoms with van der Waals surface area (Å²) in [7, 11) is 0. The highest BCUT2D eigenvalue weighted by Crippen LogP contribution is 2.41. The molecule has 0 fully saturated rings. The Morgan fingerprint density at radius 2 is 1.52 bits per heavy atom. The zero-order valence-corrected chi connectivity index (χ0v) is 23.9. The highest BCUT2D eigenvalue weighted by atomic mass is 35.5. The monoisotopic (exact) mass is 670 g/mol. The van der Waals surface area contributed by atoms with Gasteiger partial charge in [-0.25, -0.2) is 0 Å². The molecule has 42 heavy (non-hydrogen) atoms. The van der Waals surface area contributed by atoms with Crippen molar-refractivity contribution in [3.8, 4) is 0 Å². The molecule has 1 N–H and O–H groups in total. The summed E-state index contributed by atoms with van der Waals surface area (Å²) in [5, 5.41) is 1.43. The van der Waals surface area contributed by atoms with Crippen molar-refractivity contribution in [1.29, 1.82) is 0 Å². The van der Waals surface area contributed by atoms with E-state index in [1.165, 1.54) is 13.8 Å². The Kier molecular flexibility index (Phi) is 11.7. The maximum atomic E-state index is 13.9. The average Bonchev–Trinajstić information content (AvgIpc) is 2.84. The maximum absolute atomic E-state index is 13.9. The smallest absolute Gasteiger partial charge is 0.332 e. The van der Waals surface area contributed by atoms with Crippen LogP contribution in [0.2, 0.25) is 15.1 Å². The first-order valence-electron chi connectivity index (χ1n) is 11.9. The number of rotatable bonds is 9. The van der Waals surface area contributed by atoms with Gasteiger partial charge < -0.3 is 10.2 Å². The first kappa shape index (κ1) is 35.6. The predicted molar refractivity (Wildman–Crippen MR) is 140 cm³/mol. The van der Waals surface area contributed by atoms with Crippen LogP contribution in [0, 0.1) is 0 Å². The van der Waals surface area contributed by atoms with Crippen molar-refractivity contribution in [2.24, 2.45) is 0 Å². The van der Waals surface area contributed by atoms with E-state index in [9.17, 15) is 49.1 Å². The summed E-state index contributed by atoms with van der Waals surface area (Å²) in [5.41, 5.74) is -3.19. The molecule has 0 saturated carbocycles. The van der Waals surface area contributed by atoms with Gasteiger partial charge in [0.25, 0.3) is 5.91 Å². The second-order valence-corrected chi connectivity index (χ2v) is 10.1. The van der Waals surface area contributed by atoms with E-state index >= 15 is 0 Å². The third-order valence-corrected chi connectivity index (χ3v) is 7.08. The van der Waals surface area contributed by atoms with Gasteiger partial charge in [-0.2, -0.15) is 39.5 Å². The normalized spacial score (nSPS) is 14.1. The molecule has 0 bridgehead atoms. The van der Waals surface area contributed by atoms with Crippen molar-refractivity contribution in [2.45, 2.75) is 57.3 Å². The summed E-state index contributed by atoms with van der Waals surface area (Å²) in [6, 6.07) is 3.98. The Bertz CT molecular complexity index is 1300. The Labute approximate surface area is 249 Å². The summed E-state index contributed by atoms with van der Waals surface area (Å²) in [4.78, 5) is 25.8. The first-order valence-corrected chi connectivity index (χ1v) is 13.1. The Balaban J connectivity index is 2.38. The van der Waals surface area contributed by atoms with Gasteiger partial charge in [-0.1, -0.05) is 53.0 Å². The van der Waals surface area contributed by atoms with Crippen LogP contribution in [0.15, 0.2) is 36.4 Å². The molecule has 0 aliphatic heterocycles. The van der Waals surface area contributed by atoms with Crippen molar-refractivity contribution in [3.05, 3.63) is 73.7 Å². The number of halogens is 12. The lowest BCUT2D eigenvalue weighted by atomic mass is 9.96. The van der Waals surface area contributed by atoms with Crippen LogP contribution < -0.4 is 5.32 Å². The van der Waals surface area contributed by atoms with Gasteiger partial charge in [0.05, 0.1) is 38.5 Å². The Morgan fingerprint density at radius 3 is 2.00 bits per heavy atom. The van der Waals surface area contributed by atoms with Crippen molar-refractivity contribution >= 4 is 52.7 Å². The summed E-state index contributed by atoms with van der Waals surface area (Å²) >= 11 is 17.4. The number of alkyl halides is 9. The minimum atomic E-state index is -5.13. The fourth-order valence-corrected chi connectivity index (χ4v) is 4.49. The third-order valence-electron chi connectivity index (χ3n) is 5.88. The highest BCUT2D eigenvalue weighted by molar-refractivity contribution is 6.48. The minimum absolute atomic E-state index is 0.154. The maximum Gasteiger partial charge on any atom is 0.417 e. The molecule has 16 heteroatoms. The number of nitrogens with one attached hydrogen (secondary N) is 1. The molecule has 1 unspecified atom stereocenters. The first-order chi connectivity index (χ1) is 19.2. The second kappa shape index (κ2) is 13.8. The zero-order valence-electron chi connectivity index (χ0n) is 21.6. The number of hydrogen-bond acceptors (Lipinski definition) is 2. The topological polar surface area (TPSA) is 49.4 Å². The van der Waals surface area contributed by atoms with Gasteiger partial charge in [0.15, 0.2) is 0 Å². The average molecular weight is 672 g/mol. The molecule has 2 rings (SSSR count). The summed E-state index contributed by atoms with van der Waals surface area (Å²) in [6.45, 7) is 2.44. The second-order valence-electron chi connectivity index (χ2n) is 8.92. The molecule has 232 valence electrons. The van der Waals surface area contributed by atoms with E-state index in [1.807, 2.05) is 0 Å². The molecule has 0 aliphatic rings. The van der Waals surface area contributed by atoms with Crippen molar-refractivity contribution in [3.63, 3.8) is 0 Å². The van der Waals surface area contributed by atoms with Crippen molar-refractivity contribution in [2.75, 3.05) is 6.54 Å². The van der Waals surface area contributed by atoms with Crippen LogP contribution in [0.25, 0.3) is 6.08 Å². The van der Waals surface area contributed by atoms with E-state index in [1.54, 1.807) is 0 Å².